The van der Waals surface area contributed by atoms with E-state index in [0.717, 1.165) is 11.3 Å². The van der Waals surface area contributed by atoms with Gasteiger partial charge in [0, 0.05) is 0 Å². The standard InChI is InChI=1S/C15H16N2O3/c1-3-19-13-7-5-12(6-8-13)10-16-17-15(18)14-9-4-11(2)20-14/h4-10H,3H2,1-2H3,(H,17,18)/b16-10+. The fourth-order valence-electron chi connectivity index (χ4n) is 1.59. The van der Waals surface area contributed by atoms with Crippen molar-refractivity contribution in [2.75, 3.05) is 6.61 Å². The van der Waals surface area contributed by atoms with Gasteiger partial charge in [-0.3, -0.25) is 4.79 Å². The number of carbonyl (C=O) groups excluding carboxylic acids is 1. The lowest BCUT2D eigenvalue weighted by atomic mass is 10.2. The molecule has 1 amide bonds. The molecule has 104 valence electrons. The third kappa shape index (κ3) is 3.71. The molecule has 0 aliphatic heterocycles. The zero-order chi connectivity index (χ0) is 14.4. The summed E-state index contributed by atoms with van der Waals surface area (Å²) in [6.07, 6.45) is 1.56. The summed E-state index contributed by atoms with van der Waals surface area (Å²) < 4.78 is 10.5. The smallest absolute Gasteiger partial charge is 0.307 e. The minimum absolute atomic E-state index is 0.242. The second kappa shape index (κ2) is 6.56. The lowest BCUT2D eigenvalue weighted by Gasteiger charge is -2.02. The molecule has 0 aliphatic rings. The van der Waals surface area contributed by atoms with E-state index in [0.29, 0.717) is 12.4 Å². The van der Waals surface area contributed by atoms with Crippen LogP contribution >= 0.6 is 0 Å². The quantitative estimate of drug-likeness (QED) is 0.672. The Balaban J connectivity index is 1.91. The Morgan fingerprint density at radius 2 is 2.05 bits per heavy atom. The van der Waals surface area contributed by atoms with Crippen LogP contribution in [-0.4, -0.2) is 18.7 Å². The van der Waals surface area contributed by atoms with Crippen molar-refractivity contribution in [2.24, 2.45) is 5.10 Å². The summed E-state index contributed by atoms with van der Waals surface area (Å²) in [4.78, 5) is 11.6. The molecule has 20 heavy (non-hydrogen) atoms. The Hall–Kier alpha value is -2.56. The van der Waals surface area contributed by atoms with Gasteiger partial charge in [0.05, 0.1) is 12.8 Å². The van der Waals surface area contributed by atoms with Crippen LogP contribution in [-0.2, 0) is 0 Å². The van der Waals surface area contributed by atoms with Crippen LogP contribution in [0, 0.1) is 6.92 Å². The van der Waals surface area contributed by atoms with Gasteiger partial charge in [-0.15, -0.1) is 0 Å². The molecular formula is C15H16N2O3. The van der Waals surface area contributed by atoms with Crippen molar-refractivity contribution in [2.45, 2.75) is 13.8 Å². The second-order valence-electron chi connectivity index (χ2n) is 4.11. The van der Waals surface area contributed by atoms with Crippen LogP contribution in [0.2, 0.25) is 0 Å². The summed E-state index contributed by atoms with van der Waals surface area (Å²) >= 11 is 0. The number of amides is 1. The third-order valence-corrected chi connectivity index (χ3v) is 2.53. The zero-order valence-electron chi connectivity index (χ0n) is 11.4. The van der Waals surface area contributed by atoms with Gasteiger partial charge < -0.3 is 9.15 Å². The van der Waals surface area contributed by atoms with Crippen molar-refractivity contribution in [3.63, 3.8) is 0 Å². The van der Waals surface area contributed by atoms with Crippen molar-refractivity contribution in [3.8, 4) is 5.75 Å². The Labute approximate surface area is 117 Å². The van der Waals surface area contributed by atoms with E-state index < -0.39 is 0 Å². The summed E-state index contributed by atoms with van der Waals surface area (Å²) in [6.45, 7) is 4.34. The number of rotatable bonds is 5. The van der Waals surface area contributed by atoms with Crippen LogP contribution in [0.5, 0.6) is 5.75 Å². The molecule has 2 rings (SSSR count). The fraction of sp³-hybridized carbons (Fsp3) is 0.200. The number of hydrogen-bond donors (Lipinski definition) is 1. The van der Waals surface area contributed by atoms with Crippen LogP contribution in [0.15, 0.2) is 45.9 Å². The van der Waals surface area contributed by atoms with Gasteiger partial charge in [-0.25, -0.2) is 5.43 Å². The molecule has 0 saturated carbocycles. The number of ether oxygens (including phenoxy) is 1. The lowest BCUT2D eigenvalue weighted by Crippen LogP contribution is -2.16. The number of carbonyl (C=O) groups is 1. The zero-order valence-corrected chi connectivity index (χ0v) is 11.4. The molecule has 1 N–H and O–H groups in total. The van der Waals surface area contributed by atoms with E-state index in [9.17, 15) is 4.79 Å². The van der Waals surface area contributed by atoms with Gasteiger partial charge >= 0.3 is 5.91 Å². The van der Waals surface area contributed by atoms with Gasteiger partial charge in [-0.2, -0.15) is 5.10 Å². The molecule has 5 heteroatoms. The molecule has 0 radical (unpaired) electrons. The van der Waals surface area contributed by atoms with Crippen molar-refractivity contribution in [3.05, 3.63) is 53.5 Å². The van der Waals surface area contributed by atoms with Crippen LogP contribution in [0.1, 0.15) is 28.8 Å². The summed E-state index contributed by atoms with van der Waals surface area (Å²) in [6, 6.07) is 10.8. The van der Waals surface area contributed by atoms with E-state index in [4.69, 9.17) is 9.15 Å². The predicted octanol–water partition coefficient (Wildman–Crippen LogP) is 2.75. The van der Waals surface area contributed by atoms with Gasteiger partial charge in [0.15, 0.2) is 5.76 Å². The van der Waals surface area contributed by atoms with Crippen LogP contribution < -0.4 is 10.2 Å². The van der Waals surface area contributed by atoms with Gasteiger partial charge in [0.2, 0.25) is 0 Å². The van der Waals surface area contributed by atoms with Crippen molar-refractivity contribution in [1.82, 2.24) is 5.43 Å². The summed E-state index contributed by atoms with van der Waals surface area (Å²) in [5.41, 5.74) is 3.27. The molecule has 1 heterocycles. The van der Waals surface area contributed by atoms with E-state index in [1.807, 2.05) is 31.2 Å². The molecular weight excluding hydrogens is 256 g/mol. The van der Waals surface area contributed by atoms with E-state index in [2.05, 4.69) is 10.5 Å². The largest absolute Gasteiger partial charge is 0.494 e. The maximum Gasteiger partial charge on any atom is 0.307 e. The first kappa shape index (κ1) is 13.9. The van der Waals surface area contributed by atoms with Crippen LogP contribution in [0.25, 0.3) is 0 Å². The van der Waals surface area contributed by atoms with Gasteiger partial charge in [-0.1, -0.05) is 0 Å². The highest BCUT2D eigenvalue weighted by Crippen LogP contribution is 2.10. The van der Waals surface area contributed by atoms with E-state index in [1.54, 1.807) is 25.3 Å². The predicted molar refractivity (Wildman–Crippen MR) is 76.1 cm³/mol. The van der Waals surface area contributed by atoms with Gasteiger partial charge in [0.1, 0.15) is 11.5 Å². The minimum atomic E-state index is -0.375. The number of aryl methyl sites for hydroxylation is 1. The molecule has 0 aliphatic carbocycles. The number of benzene rings is 1. The average Bonchev–Trinajstić information content (AvgIpc) is 2.88. The summed E-state index contributed by atoms with van der Waals surface area (Å²) in [7, 11) is 0. The van der Waals surface area contributed by atoms with Crippen molar-refractivity contribution in [1.29, 1.82) is 0 Å². The average molecular weight is 272 g/mol. The van der Waals surface area contributed by atoms with Crippen LogP contribution in [0.4, 0.5) is 0 Å². The normalized spacial score (nSPS) is 10.7. The van der Waals surface area contributed by atoms with Gasteiger partial charge in [-0.05, 0) is 55.8 Å². The highest BCUT2D eigenvalue weighted by molar-refractivity contribution is 5.92. The molecule has 1 aromatic heterocycles. The first-order valence-electron chi connectivity index (χ1n) is 6.31. The van der Waals surface area contributed by atoms with Crippen molar-refractivity contribution < 1.29 is 13.9 Å². The molecule has 0 saturated heterocycles. The fourth-order valence-corrected chi connectivity index (χ4v) is 1.59. The number of hydrazone groups is 1. The number of nitrogens with one attached hydrogen (secondary N) is 1. The first-order chi connectivity index (χ1) is 9.69. The first-order valence-corrected chi connectivity index (χ1v) is 6.31. The van der Waals surface area contributed by atoms with E-state index in [-0.39, 0.29) is 11.7 Å². The molecule has 0 bridgehead atoms. The maximum absolute atomic E-state index is 11.6. The van der Waals surface area contributed by atoms with E-state index in [1.165, 1.54) is 0 Å². The lowest BCUT2D eigenvalue weighted by molar-refractivity contribution is 0.0926. The molecule has 0 unspecified atom stereocenters. The number of nitrogens with zero attached hydrogens (tertiary/aromatic N) is 1. The van der Waals surface area contributed by atoms with Crippen LogP contribution in [0.3, 0.4) is 0 Å². The Kier molecular flexibility index (Phi) is 4.55. The Bertz CT molecular complexity index is 600. The van der Waals surface area contributed by atoms with E-state index >= 15 is 0 Å². The molecule has 5 nitrogen and oxygen atoms in total. The van der Waals surface area contributed by atoms with Gasteiger partial charge in [0.25, 0.3) is 0 Å². The minimum Gasteiger partial charge on any atom is -0.494 e. The molecule has 0 spiro atoms. The Morgan fingerprint density at radius 1 is 1.30 bits per heavy atom. The summed E-state index contributed by atoms with van der Waals surface area (Å²) in [5, 5.41) is 3.88. The highest BCUT2D eigenvalue weighted by atomic mass is 16.5. The summed E-state index contributed by atoms with van der Waals surface area (Å²) in [5.74, 6) is 1.36. The molecule has 2 aromatic rings. The monoisotopic (exact) mass is 272 g/mol. The van der Waals surface area contributed by atoms with Crippen molar-refractivity contribution >= 4 is 12.1 Å². The molecule has 1 aromatic carbocycles. The topological polar surface area (TPSA) is 63.8 Å². The number of hydrogen-bond acceptors (Lipinski definition) is 4. The Morgan fingerprint density at radius 3 is 2.65 bits per heavy atom. The SMILES string of the molecule is CCOc1ccc(/C=N/NC(=O)c2ccc(C)o2)cc1. The maximum atomic E-state index is 11.6. The molecule has 0 atom stereocenters. The molecule has 0 fully saturated rings. The highest BCUT2D eigenvalue weighted by Gasteiger charge is 2.07. The number of furan rings is 1. The third-order valence-electron chi connectivity index (χ3n) is 2.53. The second-order valence-corrected chi connectivity index (χ2v) is 4.11.